The first-order valence-electron chi connectivity index (χ1n) is 8.10. The lowest BCUT2D eigenvalue weighted by atomic mass is 9.86. The number of halogens is 1. The number of carbonyl (C=O) groups is 4. The Kier molecular flexibility index (Phi) is 5.72. The van der Waals surface area contributed by atoms with E-state index in [9.17, 15) is 27.6 Å². The highest BCUT2D eigenvalue weighted by Crippen LogP contribution is 2.41. The number of ketones is 1. The van der Waals surface area contributed by atoms with Crippen LogP contribution in [0, 0.1) is 5.41 Å². The van der Waals surface area contributed by atoms with Gasteiger partial charge in [0.1, 0.15) is 12.0 Å². The number of fused-ring (bicyclic) bond motifs is 1. The normalized spacial score (nSPS) is 24.1. The van der Waals surface area contributed by atoms with Gasteiger partial charge in [-0.3, -0.25) is 24.1 Å². The van der Waals surface area contributed by atoms with E-state index in [1.54, 1.807) is 20.8 Å². The van der Waals surface area contributed by atoms with Crippen LogP contribution >= 0.6 is 11.6 Å². The number of nitrogens with zero attached hydrogens (tertiary/aromatic N) is 1. The van der Waals surface area contributed by atoms with Crippen molar-refractivity contribution in [3.8, 4) is 0 Å². The fraction of sp³-hybridized carbons (Fsp3) is 0.625. The molecule has 27 heavy (non-hydrogen) atoms. The lowest BCUT2D eigenvalue weighted by Gasteiger charge is -2.48. The van der Waals surface area contributed by atoms with Crippen molar-refractivity contribution in [1.29, 1.82) is 0 Å². The van der Waals surface area contributed by atoms with Crippen molar-refractivity contribution >= 4 is 45.1 Å². The van der Waals surface area contributed by atoms with Crippen LogP contribution in [0.3, 0.4) is 0 Å². The minimum atomic E-state index is -3.86. The number of rotatable bonds is 6. The highest BCUT2D eigenvalue weighted by molar-refractivity contribution is 7.92. The van der Waals surface area contributed by atoms with E-state index in [0.29, 0.717) is 0 Å². The molecule has 1 N–H and O–H groups in total. The third-order valence-electron chi connectivity index (χ3n) is 4.14. The standard InChI is InChI=1S/C16H20ClNO8S/c1-16(2,3)13(22)12-8(6-26-10(21)5-4-9(19)20)7-27(24,25)15-11(17)14(23)18(12)15/h11,15H,4-7H2,1-3H3,(H,19,20)/t11-,15-/m0/s1. The molecular formula is C16H20ClNO8S. The molecule has 1 saturated heterocycles. The average molecular weight is 422 g/mol. The first-order valence-corrected chi connectivity index (χ1v) is 10.3. The van der Waals surface area contributed by atoms with Crippen molar-refractivity contribution in [1.82, 2.24) is 4.90 Å². The van der Waals surface area contributed by atoms with Crippen LogP contribution in [0.4, 0.5) is 0 Å². The monoisotopic (exact) mass is 421 g/mol. The van der Waals surface area contributed by atoms with Crippen molar-refractivity contribution < 1.29 is 37.4 Å². The summed E-state index contributed by atoms with van der Waals surface area (Å²) in [5.74, 6) is -3.79. The number of sulfone groups is 1. The molecule has 11 heteroatoms. The third-order valence-corrected chi connectivity index (χ3v) is 6.69. The lowest BCUT2D eigenvalue weighted by molar-refractivity contribution is -0.147. The van der Waals surface area contributed by atoms with Gasteiger partial charge in [0.05, 0.1) is 24.3 Å². The zero-order valence-electron chi connectivity index (χ0n) is 15.0. The molecule has 0 spiro atoms. The van der Waals surface area contributed by atoms with Gasteiger partial charge in [-0.25, -0.2) is 8.42 Å². The van der Waals surface area contributed by atoms with Crippen molar-refractivity contribution in [2.75, 3.05) is 12.4 Å². The van der Waals surface area contributed by atoms with Crippen LogP contribution in [0.1, 0.15) is 33.6 Å². The summed E-state index contributed by atoms with van der Waals surface area (Å²) in [7, 11) is -3.86. The highest BCUT2D eigenvalue weighted by atomic mass is 35.5. The number of allylic oxidation sites excluding steroid dienone is 1. The number of carboxylic acids is 1. The van der Waals surface area contributed by atoms with E-state index in [0.717, 1.165) is 4.90 Å². The van der Waals surface area contributed by atoms with Crippen molar-refractivity contribution in [2.24, 2.45) is 5.41 Å². The van der Waals surface area contributed by atoms with E-state index in [4.69, 9.17) is 21.4 Å². The lowest BCUT2D eigenvalue weighted by Crippen LogP contribution is -2.68. The number of alkyl halides is 1. The molecule has 1 amide bonds. The molecule has 0 aromatic heterocycles. The Morgan fingerprint density at radius 2 is 1.85 bits per heavy atom. The molecule has 0 bridgehead atoms. The molecule has 0 saturated carbocycles. The topological polar surface area (TPSA) is 135 Å². The molecule has 2 atom stereocenters. The summed E-state index contributed by atoms with van der Waals surface area (Å²) in [6.07, 6.45) is -0.836. The number of aliphatic carboxylic acids is 1. The number of β-lactam (4-membered cyclic amide) rings is 1. The number of hydrogen-bond acceptors (Lipinski definition) is 7. The number of ether oxygens (including phenoxy) is 1. The maximum absolute atomic E-state index is 12.8. The smallest absolute Gasteiger partial charge is 0.306 e. The van der Waals surface area contributed by atoms with Gasteiger partial charge in [0.2, 0.25) is 5.91 Å². The Morgan fingerprint density at radius 1 is 1.26 bits per heavy atom. The predicted molar refractivity (Wildman–Crippen MR) is 93.4 cm³/mol. The Bertz CT molecular complexity index is 839. The van der Waals surface area contributed by atoms with E-state index in [-0.39, 0.29) is 11.3 Å². The van der Waals surface area contributed by atoms with Gasteiger partial charge in [-0.2, -0.15) is 0 Å². The molecule has 0 aliphatic carbocycles. The summed E-state index contributed by atoms with van der Waals surface area (Å²) in [6.45, 7) is 4.30. The number of amides is 1. The van der Waals surface area contributed by atoms with Gasteiger partial charge < -0.3 is 9.84 Å². The van der Waals surface area contributed by atoms with Gasteiger partial charge in [-0.05, 0) is 0 Å². The van der Waals surface area contributed by atoms with Crippen LogP contribution < -0.4 is 0 Å². The molecule has 0 unspecified atom stereocenters. The highest BCUT2D eigenvalue weighted by Gasteiger charge is 2.59. The number of Topliss-reactive ketones (excluding diaryl/α,β-unsaturated/α-hetero) is 1. The van der Waals surface area contributed by atoms with Gasteiger partial charge in [0.25, 0.3) is 0 Å². The van der Waals surface area contributed by atoms with Crippen molar-refractivity contribution in [3.05, 3.63) is 11.3 Å². The SMILES string of the molecule is CC(C)(C)C(=O)C1=C(COC(=O)CCC(=O)O)CS(=O)(=O)[C@H]2[C@@H](Cl)C(=O)N12. The van der Waals surface area contributed by atoms with Crippen molar-refractivity contribution in [3.63, 3.8) is 0 Å². The Morgan fingerprint density at radius 3 is 2.37 bits per heavy atom. The molecule has 2 rings (SSSR count). The van der Waals surface area contributed by atoms with Crippen LogP contribution in [-0.4, -0.2) is 65.2 Å². The van der Waals surface area contributed by atoms with E-state index < -0.39 is 74.8 Å². The second-order valence-electron chi connectivity index (χ2n) is 7.39. The van der Waals surface area contributed by atoms with Crippen molar-refractivity contribution in [2.45, 2.75) is 44.4 Å². The van der Waals surface area contributed by atoms with Gasteiger partial charge in [-0.1, -0.05) is 20.8 Å². The molecular weight excluding hydrogens is 402 g/mol. The first kappa shape index (κ1) is 21.4. The second-order valence-corrected chi connectivity index (χ2v) is 9.96. The minimum absolute atomic E-state index is 0.0215. The van der Waals surface area contributed by atoms with Crippen LogP contribution in [0.5, 0.6) is 0 Å². The molecule has 0 radical (unpaired) electrons. The van der Waals surface area contributed by atoms with Crippen LogP contribution in [-0.2, 0) is 33.8 Å². The summed E-state index contributed by atoms with van der Waals surface area (Å²) in [6, 6.07) is 0. The number of esters is 1. The fourth-order valence-electron chi connectivity index (χ4n) is 2.76. The largest absolute Gasteiger partial charge is 0.481 e. The summed E-state index contributed by atoms with van der Waals surface area (Å²) in [5, 5.41) is 5.99. The predicted octanol–water partition coefficient (Wildman–Crippen LogP) is 0.468. The average Bonchev–Trinajstić information content (AvgIpc) is 2.54. The van der Waals surface area contributed by atoms with Gasteiger partial charge >= 0.3 is 11.9 Å². The minimum Gasteiger partial charge on any atom is -0.481 e. The summed E-state index contributed by atoms with van der Waals surface area (Å²) in [5.41, 5.74) is -1.06. The first-order chi connectivity index (χ1) is 12.3. The Hall–Kier alpha value is -1.94. The summed E-state index contributed by atoms with van der Waals surface area (Å²) < 4.78 is 29.8. The molecule has 9 nitrogen and oxygen atoms in total. The van der Waals surface area contributed by atoms with E-state index in [1.807, 2.05) is 0 Å². The maximum atomic E-state index is 12.8. The molecule has 0 aromatic carbocycles. The number of carbonyl (C=O) groups excluding carboxylic acids is 3. The molecule has 1 fully saturated rings. The van der Waals surface area contributed by atoms with Crippen LogP contribution in [0.25, 0.3) is 0 Å². The van der Waals surface area contributed by atoms with E-state index in [2.05, 4.69) is 0 Å². The zero-order chi connectivity index (χ0) is 20.7. The van der Waals surface area contributed by atoms with E-state index >= 15 is 0 Å². The van der Waals surface area contributed by atoms with Gasteiger partial charge in [0, 0.05) is 11.0 Å². The quantitative estimate of drug-likeness (QED) is 0.371. The number of carboxylic acid groups (broad SMARTS) is 1. The van der Waals surface area contributed by atoms with Crippen LogP contribution in [0.2, 0.25) is 0 Å². The number of hydrogen-bond donors (Lipinski definition) is 1. The zero-order valence-corrected chi connectivity index (χ0v) is 16.6. The van der Waals surface area contributed by atoms with Gasteiger partial charge in [0.15, 0.2) is 21.0 Å². The third kappa shape index (κ3) is 4.16. The summed E-state index contributed by atoms with van der Waals surface area (Å²) in [4.78, 5) is 48.0. The Labute approximate surface area is 161 Å². The van der Waals surface area contributed by atoms with Crippen LogP contribution in [0.15, 0.2) is 11.3 Å². The molecule has 2 aliphatic heterocycles. The second kappa shape index (κ2) is 7.23. The fourth-order valence-corrected chi connectivity index (χ4v) is 5.34. The molecule has 2 aliphatic rings. The maximum Gasteiger partial charge on any atom is 0.306 e. The molecule has 0 aromatic rings. The van der Waals surface area contributed by atoms with E-state index in [1.165, 1.54) is 0 Å². The summed E-state index contributed by atoms with van der Waals surface area (Å²) >= 11 is 5.84. The Balaban J connectivity index is 2.36. The molecule has 2 heterocycles. The molecule has 150 valence electrons. The van der Waals surface area contributed by atoms with Gasteiger partial charge in [-0.15, -0.1) is 11.6 Å².